The monoisotopic (exact) mass is 1610 g/mol. The van der Waals surface area contributed by atoms with E-state index in [2.05, 4.69) is 198 Å². The van der Waals surface area contributed by atoms with Crippen LogP contribution in [0.2, 0.25) is 0 Å². The Morgan fingerprint density at radius 1 is 0.259 bits per heavy atom. The number of ether oxygens (including phenoxy) is 4. The van der Waals surface area contributed by atoms with Crippen LogP contribution in [0.1, 0.15) is 336 Å². The lowest BCUT2D eigenvalue weighted by atomic mass is 10.0. The average molecular weight is 1610 g/mol. The molecule has 0 fully saturated rings. The molecule has 112 heavy (non-hydrogen) atoms. The zero-order chi connectivity index (χ0) is 81.7. The molecule has 0 saturated carbocycles. The van der Waals surface area contributed by atoms with Crippen molar-refractivity contribution in [1.82, 2.24) is 0 Å². The van der Waals surface area contributed by atoms with Crippen LogP contribution in [0, 0.1) is 0 Å². The van der Waals surface area contributed by atoms with Crippen LogP contribution < -0.4 is 0 Å². The molecule has 19 heteroatoms. The molecule has 0 saturated heterocycles. The Morgan fingerprint density at radius 3 is 0.723 bits per heavy atom. The van der Waals surface area contributed by atoms with Gasteiger partial charge in [0.2, 0.25) is 0 Å². The first kappa shape index (κ1) is 106. The van der Waals surface area contributed by atoms with Gasteiger partial charge in [-0.25, -0.2) is 9.13 Å². The number of unbranched alkanes of at least 4 members (excludes halogenated alkanes) is 26. The molecule has 0 aliphatic rings. The topological polar surface area (TPSA) is 237 Å². The second kappa shape index (κ2) is 83.4. The minimum atomic E-state index is -5.00. The number of phosphoric acid groups is 2. The number of aliphatic hydroxyl groups excluding tert-OH is 1. The van der Waals surface area contributed by atoms with E-state index in [0.29, 0.717) is 25.7 Å². The van der Waals surface area contributed by atoms with Crippen molar-refractivity contribution in [1.29, 1.82) is 0 Å². The largest absolute Gasteiger partial charge is 0.472 e. The van der Waals surface area contributed by atoms with Crippen LogP contribution in [0.15, 0.2) is 170 Å². The predicted molar refractivity (Wildman–Crippen MR) is 463 cm³/mol. The highest BCUT2D eigenvalue weighted by atomic mass is 31.2. The van der Waals surface area contributed by atoms with E-state index in [9.17, 15) is 43.2 Å². The number of hydrogen-bond donors (Lipinski definition) is 3. The molecule has 17 nitrogen and oxygen atoms in total. The minimum absolute atomic E-state index is 0.0648. The second-order valence-electron chi connectivity index (χ2n) is 28.3. The maximum Gasteiger partial charge on any atom is 0.472 e. The van der Waals surface area contributed by atoms with Crippen molar-refractivity contribution in [2.45, 2.75) is 354 Å². The van der Waals surface area contributed by atoms with Crippen molar-refractivity contribution in [3.63, 3.8) is 0 Å². The van der Waals surface area contributed by atoms with Crippen molar-refractivity contribution in [2.75, 3.05) is 39.6 Å². The van der Waals surface area contributed by atoms with Crippen molar-refractivity contribution >= 4 is 39.5 Å². The molecule has 0 aromatic carbocycles. The highest BCUT2D eigenvalue weighted by molar-refractivity contribution is 7.47. The number of hydrogen-bond acceptors (Lipinski definition) is 15. The molecular formula is C93H154O17P2. The van der Waals surface area contributed by atoms with E-state index >= 15 is 0 Å². The summed E-state index contributed by atoms with van der Waals surface area (Å²) in [6.45, 7) is 4.48. The van der Waals surface area contributed by atoms with Gasteiger partial charge in [0.15, 0.2) is 12.2 Å². The highest BCUT2D eigenvalue weighted by Gasteiger charge is 2.30. The second-order valence-corrected chi connectivity index (χ2v) is 31.2. The van der Waals surface area contributed by atoms with Crippen molar-refractivity contribution in [3.05, 3.63) is 170 Å². The van der Waals surface area contributed by atoms with E-state index in [-0.39, 0.29) is 25.7 Å². The first-order chi connectivity index (χ1) is 54.7. The third-order valence-electron chi connectivity index (χ3n) is 17.7. The lowest BCUT2D eigenvalue weighted by Crippen LogP contribution is -2.30. The molecule has 0 aliphatic carbocycles. The summed E-state index contributed by atoms with van der Waals surface area (Å²) in [6, 6.07) is 0. The molecule has 0 aromatic heterocycles. The summed E-state index contributed by atoms with van der Waals surface area (Å²) in [6.07, 6.45) is 100. The van der Waals surface area contributed by atoms with Gasteiger partial charge in [-0.1, -0.05) is 326 Å². The van der Waals surface area contributed by atoms with Gasteiger partial charge in [0.1, 0.15) is 19.3 Å². The van der Waals surface area contributed by atoms with E-state index < -0.39 is 97.5 Å². The molecule has 5 atom stereocenters. The van der Waals surface area contributed by atoms with Crippen LogP contribution in [0.25, 0.3) is 0 Å². The molecule has 0 rings (SSSR count). The first-order valence-electron chi connectivity index (χ1n) is 43.4. The summed E-state index contributed by atoms with van der Waals surface area (Å²) in [5.41, 5.74) is 0. The number of phosphoric ester groups is 2. The molecule has 0 amide bonds. The maximum atomic E-state index is 13.2. The minimum Gasteiger partial charge on any atom is -0.462 e. The zero-order valence-electron chi connectivity index (χ0n) is 70.0. The lowest BCUT2D eigenvalue weighted by Gasteiger charge is -2.21. The molecule has 0 heterocycles. The smallest absolute Gasteiger partial charge is 0.462 e. The number of esters is 4. The summed E-state index contributed by atoms with van der Waals surface area (Å²) in [5.74, 6) is -2.26. The zero-order valence-corrected chi connectivity index (χ0v) is 71.8. The van der Waals surface area contributed by atoms with Crippen LogP contribution >= 0.6 is 15.6 Å². The van der Waals surface area contributed by atoms with Crippen LogP contribution in [-0.2, 0) is 65.4 Å². The summed E-state index contributed by atoms with van der Waals surface area (Å²) < 4.78 is 68.8. The molecular weight excluding hydrogens is 1450 g/mol. The number of carbonyl (C=O) groups is 4. The van der Waals surface area contributed by atoms with Crippen LogP contribution in [-0.4, -0.2) is 96.7 Å². The number of rotatable bonds is 80. The van der Waals surface area contributed by atoms with Crippen molar-refractivity contribution in [3.8, 4) is 0 Å². The Morgan fingerprint density at radius 2 is 0.464 bits per heavy atom. The molecule has 5 unspecified atom stereocenters. The third-order valence-corrected chi connectivity index (χ3v) is 19.6. The Kier molecular flexibility index (Phi) is 79.2. The summed E-state index contributed by atoms with van der Waals surface area (Å²) in [5, 5.41) is 10.7. The molecule has 0 spiro atoms. The first-order valence-corrected chi connectivity index (χ1v) is 46.4. The van der Waals surface area contributed by atoms with Gasteiger partial charge in [-0.05, 0) is 154 Å². The van der Waals surface area contributed by atoms with E-state index in [1.165, 1.54) is 64.2 Å². The SMILES string of the molecule is CC/C=C\C/C=C\C/C=C\C/C=C\C/C=C\CCCCCC(=O)OCC(COP(=O)(O)OCC(O)COP(=O)(O)OCC(COC(=O)CCCCC/C=C\C/C=C\C/C=C\C/C=C\C/C=C\CC)OC(=O)CCCCCCCCCCCCCCCCC)OC(=O)CCCCCCCC/C=C\C/C=C\C/C=C\C/C=C\CC. The molecule has 0 aliphatic heterocycles. The molecule has 638 valence electrons. The quantitative estimate of drug-likeness (QED) is 0.0169. The van der Waals surface area contributed by atoms with Gasteiger partial charge in [-0.3, -0.25) is 37.3 Å². The predicted octanol–water partition coefficient (Wildman–Crippen LogP) is 26.1. The molecule has 0 aromatic rings. The fraction of sp³-hybridized carbons (Fsp3) is 0.656. The fourth-order valence-corrected chi connectivity index (χ4v) is 12.8. The summed E-state index contributed by atoms with van der Waals surface area (Å²) in [4.78, 5) is 73.3. The van der Waals surface area contributed by atoms with Gasteiger partial charge in [0.05, 0.1) is 26.4 Å². The van der Waals surface area contributed by atoms with E-state index in [1.807, 2.05) is 0 Å². The Balaban J connectivity index is 5.47. The highest BCUT2D eigenvalue weighted by Crippen LogP contribution is 2.45. The van der Waals surface area contributed by atoms with Gasteiger partial charge < -0.3 is 33.8 Å². The summed E-state index contributed by atoms with van der Waals surface area (Å²) >= 11 is 0. The van der Waals surface area contributed by atoms with Crippen LogP contribution in [0.5, 0.6) is 0 Å². The van der Waals surface area contributed by atoms with Gasteiger partial charge in [-0.15, -0.1) is 0 Å². The number of aliphatic hydroxyl groups is 1. The molecule has 0 radical (unpaired) electrons. The number of carbonyl (C=O) groups excluding carboxylic acids is 4. The van der Waals surface area contributed by atoms with Gasteiger partial charge in [-0.2, -0.15) is 0 Å². The summed E-state index contributed by atoms with van der Waals surface area (Å²) in [7, 11) is -10.0. The van der Waals surface area contributed by atoms with E-state index in [1.54, 1.807) is 0 Å². The van der Waals surface area contributed by atoms with Gasteiger partial charge >= 0.3 is 39.5 Å². The van der Waals surface area contributed by atoms with Crippen molar-refractivity contribution < 1.29 is 80.2 Å². The Bertz CT molecular complexity index is 2790. The van der Waals surface area contributed by atoms with Gasteiger partial charge in [0, 0.05) is 25.7 Å². The Hall–Kier alpha value is -5.58. The van der Waals surface area contributed by atoms with Crippen molar-refractivity contribution in [2.24, 2.45) is 0 Å². The standard InChI is InChI=1S/C93H154O17P2/c1-5-9-13-17-21-25-29-33-37-40-43-46-50-53-57-61-65-69-73-77-90(95)103-83-88(109-92(97)79-75-71-67-63-59-55-49-36-32-28-24-20-16-12-8-4)85-107-111(99,100)105-81-87(94)82-106-112(101,102)108-86-89(110-93(98)80-76-72-68-64-60-56-52-48-45-42-39-35-31-27-23-19-15-11-7-3)84-104-91(96)78-74-70-66-62-58-54-51-47-44-41-38-34-30-26-22-18-14-10-6-2/h9-11,13-15,21-23,25-27,33-35,37-39,43-48,53-54,57-58,87-89,94H,5-8,12,16-20,24,28-32,36,40-42,49-52,55-56,59-86H2,1-4H3,(H,99,100)(H,101,102)/b13-9-,14-10-,15-11-,25-21-,26-22-,27-23-,37-33-,38-34-,39-35-,46-43-,47-44-,48-45-,57-53-,58-54-. The molecule has 3 N–H and O–H groups in total. The van der Waals surface area contributed by atoms with E-state index in [0.717, 1.165) is 193 Å². The lowest BCUT2D eigenvalue weighted by molar-refractivity contribution is -0.161. The fourth-order valence-electron chi connectivity index (χ4n) is 11.2. The average Bonchev–Trinajstić information content (AvgIpc) is 0.898. The Labute approximate surface area is 680 Å². The van der Waals surface area contributed by atoms with E-state index in [4.69, 9.17) is 37.0 Å². The normalized spacial score (nSPS) is 14.6. The van der Waals surface area contributed by atoms with Crippen LogP contribution in [0.3, 0.4) is 0 Å². The third kappa shape index (κ3) is 82.4. The van der Waals surface area contributed by atoms with Crippen LogP contribution in [0.4, 0.5) is 0 Å². The van der Waals surface area contributed by atoms with Gasteiger partial charge in [0.25, 0.3) is 0 Å². The number of allylic oxidation sites excluding steroid dienone is 28. The molecule has 0 bridgehead atoms. The maximum absolute atomic E-state index is 13.2.